The van der Waals surface area contributed by atoms with E-state index < -0.39 is 0 Å². The van der Waals surface area contributed by atoms with Crippen molar-refractivity contribution in [1.82, 2.24) is 5.32 Å². The van der Waals surface area contributed by atoms with Crippen LogP contribution in [-0.2, 0) is 9.47 Å². The SMILES string of the molecule is CNC(COCC1CCOC1)C1CCCCC1. The highest BCUT2D eigenvalue weighted by atomic mass is 16.5. The summed E-state index contributed by atoms with van der Waals surface area (Å²) in [6.07, 6.45) is 8.16. The molecular weight excluding hydrogens is 214 g/mol. The topological polar surface area (TPSA) is 30.5 Å². The van der Waals surface area contributed by atoms with E-state index in [0.717, 1.165) is 32.3 Å². The fourth-order valence-electron chi connectivity index (χ4n) is 3.07. The fourth-order valence-corrected chi connectivity index (χ4v) is 3.07. The van der Waals surface area contributed by atoms with Crippen molar-refractivity contribution in [3.8, 4) is 0 Å². The Morgan fingerprint density at radius 3 is 2.71 bits per heavy atom. The zero-order chi connectivity index (χ0) is 11.9. The molecule has 0 amide bonds. The van der Waals surface area contributed by atoms with Gasteiger partial charge in [0, 0.05) is 18.6 Å². The van der Waals surface area contributed by atoms with Gasteiger partial charge in [-0.2, -0.15) is 0 Å². The van der Waals surface area contributed by atoms with E-state index in [1.54, 1.807) is 0 Å². The first-order valence-corrected chi connectivity index (χ1v) is 7.23. The van der Waals surface area contributed by atoms with Crippen LogP contribution in [0.5, 0.6) is 0 Å². The van der Waals surface area contributed by atoms with E-state index in [1.807, 2.05) is 0 Å². The minimum atomic E-state index is 0.553. The molecule has 0 aromatic heterocycles. The lowest BCUT2D eigenvalue weighted by atomic mass is 9.84. The van der Waals surface area contributed by atoms with Crippen LogP contribution in [0, 0.1) is 11.8 Å². The first kappa shape index (κ1) is 13.3. The van der Waals surface area contributed by atoms with Gasteiger partial charge < -0.3 is 14.8 Å². The molecule has 0 aromatic carbocycles. The third-order valence-corrected chi connectivity index (χ3v) is 4.26. The van der Waals surface area contributed by atoms with Crippen LogP contribution in [0.15, 0.2) is 0 Å². The Labute approximate surface area is 105 Å². The van der Waals surface area contributed by atoms with E-state index >= 15 is 0 Å². The Hall–Kier alpha value is -0.120. The van der Waals surface area contributed by atoms with Gasteiger partial charge >= 0.3 is 0 Å². The fraction of sp³-hybridized carbons (Fsp3) is 1.00. The van der Waals surface area contributed by atoms with E-state index in [2.05, 4.69) is 12.4 Å². The van der Waals surface area contributed by atoms with Gasteiger partial charge in [0.05, 0.1) is 19.8 Å². The molecule has 100 valence electrons. The Bertz CT molecular complexity index is 198. The highest BCUT2D eigenvalue weighted by molar-refractivity contribution is 4.78. The van der Waals surface area contributed by atoms with Crippen molar-refractivity contribution in [2.75, 3.05) is 33.5 Å². The number of hydrogen-bond acceptors (Lipinski definition) is 3. The number of hydrogen-bond donors (Lipinski definition) is 1. The molecule has 1 aliphatic carbocycles. The molecule has 0 spiro atoms. The monoisotopic (exact) mass is 241 g/mol. The van der Waals surface area contributed by atoms with Crippen LogP contribution in [0.1, 0.15) is 38.5 Å². The van der Waals surface area contributed by atoms with Gasteiger partial charge in [0.1, 0.15) is 0 Å². The van der Waals surface area contributed by atoms with Crippen LogP contribution in [0.4, 0.5) is 0 Å². The molecule has 2 fully saturated rings. The lowest BCUT2D eigenvalue weighted by molar-refractivity contribution is 0.0587. The first-order chi connectivity index (χ1) is 8.40. The predicted molar refractivity (Wildman–Crippen MR) is 69.2 cm³/mol. The summed E-state index contributed by atoms with van der Waals surface area (Å²) in [5, 5.41) is 3.44. The Morgan fingerprint density at radius 2 is 2.06 bits per heavy atom. The van der Waals surface area contributed by atoms with Crippen LogP contribution in [0.2, 0.25) is 0 Å². The molecule has 3 nitrogen and oxygen atoms in total. The van der Waals surface area contributed by atoms with Crippen LogP contribution >= 0.6 is 0 Å². The van der Waals surface area contributed by atoms with Crippen LogP contribution in [0.3, 0.4) is 0 Å². The van der Waals surface area contributed by atoms with Crippen molar-refractivity contribution in [1.29, 1.82) is 0 Å². The van der Waals surface area contributed by atoms with E-state index in [-0.39, 0.29) is 0 Å². The molecule has 2 atom stereocenters. The quantitative estimate of drug-likeness (QED) is 0.773. The minimum absolute atomic E-state index is 0.553. The van der Waals surface area contributed by atoms with Crippen molar-refractivity contribution < 1.29 is 9.47 Å². The normalized spacial score (nSPS) is 28.4. The molecule has 17 heavy (non-hydrogen) atoms. The smallest absolute Gasteiger partial charge is 0.0622 e. The summed E-state index contributed by atoms with van der Waals surface area (Å²) in [7, 11) is 2.07. The largest absolute Gasteiger partial charge is 0.381 e. The molecule has 1 N–H and O–H groups in total. The van der Waals surface area contributed by atoms with E-state index in [9.17, 15) is 0 Å². The number of rotatable bonds is 6. The van der Waals surface area contributed by atoms with Crippen LogP contribution in [0.25, 0.3) is 0 Å². The average molecular weight is 241 g/mol. The molecule has 1 saturated carbocycles. The maximum Gasteiger partial charge on any atom is 0.0622 e. The van der Waals surface area contributed by atoms with E-state index in [0.29, 0.717) is 12.0 Å². The molecular formula is C14H27NO2. The second-order valence-corrected chi connectivity index (χ2v) is 5.56. The van der Waals surface area contributed by atoms with Gasteiger partial charge in [-0.05, 0) is 32.2 Å². The van der Waals surface area contributed by atoms with Crippen molar-refractivity contribution in [3.05, 3.63) is 0 Å². The Kier molecular flexibility index (Phi) is 5.75. The van der Waals surface area contributed by atoms with Gasteiger partial charge in [0.25, 0.3) is 0 Å². The Balaban J connectivity index is 1.63. The minimum Gasteiger partial charge on any atom is -0.381 e. The maximum atomic E-state index is 5.88. The third-order valence-electron chi connectivity index (χ3n) is 4.26. The van der Waals surface area contributed by atoms with Gasteiger partial charge in [-0.25, -0.2) is 0 Å². The molecule has 1 heterocycles. The van der Waals surface area contributed by atoms with E-state index in [4.69, 9.17) is 9.47 Å². The zero-order valence-corrected chi connectivity index (χ0v) is 11.1. The molecule has 0 bridgehead atoms. The van der Waals surface area contributed by atoms with Crippen molar-refractivity contribution in [2.24, 2.45) is 11.8 Å². The molecule has 3 heteroatoms. The predicted octanol–water partition coefficient (Wildman–Crippen LogP) is 2.21. The molecule has 2 rings (SSSR count). The van der Waals surface area contributed by atoms with Crippen molar-refractivity contribution in [3.63, 3.8) is 0 Å². The summed E-state index contributed by atoms with van der Waals surface area (Å²) in [6, 6.07) is 0.553. The molecule has 1 saturated heterocycles. The van der Waals surface area contributed by atoms with Crippen molar-refractivity contribution in [2.45, 2.75) is 44.6 Å². The third kappa shape index (κ3) is 4.23. The van der Waals surface area contributed by atoms with Crippen molar-refractivity contribution >= 4 is 0 Å². The standard InChI is InChI=1S/C14H27NO2/c1-15-14(13-5-3-2-4-6-13)11-17-10-12-7-8-16-9-12/h12-15H,2-11H2,1H3. The summed E-state index contributed by atoms with van der Waals surface area (Å²) in [5.41, 5.74) is 0. The van der Waals surface area contributed by atoms with Gasteiger partial charge in [-0.15, -0.1) is 0 Å². The zero-order valence-electron chi connectivity index (χ0n) is 11.1. The number of ether oxygens (including phenoxy) is 2. The lowest BCUT2D eigenvalue weighted by Crippen LogP contribution is -2.39. The second-order valence-electron chi connectivity index (χ2n) is 5.56. The summed E-state index contributed by atoms with van der Waals surface area (Å²) < 4.78 is 11.2. The summed E-state index contributed by atoms with van der Waals surface area (Å²) in [4.78, 5) is 0. The molecule has 0 radical (unpaired) electrons. The van der Waals surface area contributed by atoms with Gasteiger partial charge in [-0.1, -0.05) is 19.3 Å². The van der Waals surface area contributed by atoms with Gasteiger partial charge in [-0.3, -0.25) is 0 Å². The highest BCUT2D eigenvalue weighted by Crippen LogP contribution is 2.26. The molecule has 2 unspecified atom stereocenters. The summed E-state index contributed by atoms with van der Waals surface area (Å²) in [6.45, 7) is 3.57. The average Bonchev–Trinajstić information content (AvgIpc) is 2.89. The summed E-state index contributed by atoms with van der Waals surface area (Å²) >= 11 is 0. The Morgan fingerprint density at radius 1 is 1.24 bits per heavy atom. The van der Waals surface area contributed by atoms with Crippen LogP contribution < -0.4 is 5.32 Å². The number of likely N-dealkylation sites (N-methyl/N-ethyl adjacent to an activating group) is 1. The number of nitrogens with one attached hydrogen (secondary N) is 1. The second kappa shape index (κ2) is 7.34. The van der Waals surface area contributed by atoms with Gasteiger partial charge in [0.2, 0.25) is 0 Å². The van der Waals surface area contributed by atoms with Crippen LogP contribution in [-0.4, -0.2) is 39.5 Å². The first-order valence-electron chi connectivity index (χ1n) is 7.23. The van der Waals surface area contributed by atoms with E-state index in [1.165, 1.54) is 38.5 Å². The maximum absolute atomic E-state index is 5.88. The highest BCUT2D eigenvalue weighted by Gasteiger charge is 2.23. The molecule has 1 aliphatic heterocycles. The molecule has 0 aromatic rings. The summed E-state index contributed by atoms with van der Waals surface area (Å²) in [5.74, 6) is 1.47. The lowest BCUT2D eigenvalue weighted by Gasteiger charge is -2.30. The molecule has 2 aliphatic rings. The van der Waals surface area contributed by atoms with Gasteiger partial charge in [0.15, 0.2) is 0 Å².